The normalized spacial score (nSPS) is 24.7. The predicted octanol–water partition coefficient (Wildman–Crippen LogP) is 0.826. The van der Waals surface area contributed by atoms with Crippen molar-refractivity contribution in [3.8, 4) is 5.75 Å². The number of aliphatic hydroxyl groups excluding tert-OH is 2. The molecular weight excluding hydrogens is 230 g/mol. The zero-order chi connectivity index (χ0) is 11.0. The molecule has 0 aliphatic carbocycles. The monoisotopic (exact) mass is 245 g/mol. The first-order valence-corrected chi connectivity index (χ1v) is 4.95. The molecule has 90 valence electrons. The Morgan fingerprint density at radius 1 is 1.38 bits per heavy atom. The maximum atomic E-state index is 9.84. The number of aromatic hydroxyl groups is 1. The van der Waals surface area contributed by atoms with Gasteiger partial charge in [-0.25, -0.2) is 0 Å². The maximum Gasteiger partial charge on any atom is 0.115 e. The van der Waals surface area contributed by atoms with Gasteiger partial charge in [-0.3, -0.25) is 4.90 Å². The number of benzene rings is 1. The summed E-state index contributed by atoms with van der Waals surface area (Å²) in [6.07, 6.45) is -0.597. The van der Waals surface area contributed by atoms with E-state index in [1.54, 1.807) is 18.2 Å². The van der Waals surface area contributed by atoms with Gasteiger partial charge in [0.1, 0.15) is 5.75 Å². The third-order valence-electron chi connectivity index (χ3n) is 2.95. The molecule has 0 bridgehead atoms. The van der Waals surface area contributed by atoms with Gasteiger partial charge in [-0.05, 0) is 30.3 Å². The summed E-state index contributed by atoms with van der Waals surface area (Å²) in [4.78, 5) is 1.91. The topological polar surface area (TPSA) is 63.9 Å². The van der Waals surface area contributed by atoms with Crippen molar-refractivity contribution in [1.82, 2.24) is 4.90 Å². The van der Waals surface area contributed by atoms with E-state index in [-0.39, 0.29) is 30.8 Å². The van der Waals surface area contributed by atoms with Gasteiger partial charge in [-0.2, -0.15) is 0 Å². The third-order valence-corrected chi connectivity index (χ3v) is 2.95. The minimum absolute atomic E-state index is 0. The third kappa shape index (κ3) is 2.15. The molecule has 5 heteroatoms. The molecule has 2 rings (SSSR count). The standard InChI is InChI=1S/C11H15NO3.ClH/c1-12-5-11(15)9-4-7(14)2-3-8(9)10(12)6-13;/h2-4,10-11,13-15H,5-6H2,1H3;1H/t10-,11-;/m0./s1. The summed E-state index contributed by atoms with van der Waals surface area (Å²) in [5, 5.41) is 28.5. The highest BCUT2D eigenvalue weighted by Crippen LogP contribution is 2.35. The van der Waals surface area contributed by atoms with Crippen molar-refractivity contribution in [2.24, 2.45) is 0 Å². The van der Waals surface area contributed by atoms with Gasteiger partial charge in [0.05, 0.1) is 18.8 Å². The van der Waals surface area contributed by atoms with E-state index >= 15 is 0 Å². The van der Waals surface area contributed by atoms with Gasteiger partial charge in [-0.1, -0.05) is 6.07 Å². The summed E-state index contributed by atoms with van der Waals surface area (Å²) >= 11 is 0. The molecule has 1 heterocycles. The molecule has 3 N–H and O–H groups in total. The number of phenolic OH excluding ortho intramolecular Hbond substituents is 1. The Morgan fingerprint density at radius 2 is 2.06 bits per heavy atom. The van der Waals surface area contributed by atoms with Crippen LogP contribution in [0.15, 0.2) is 18.2 Å². The first-order chi connectivity index (χ1) is 7.13. The number of aliphatic hydroxyl groups is 2. The van der Waals surface area contributed by atoms with Crippen LogP contribution in [0, 0.1) is 0 Å². The average Bonchev–Trinajstić information content (AvgIpc) is 2.19. The lowest BCUT2D eigenvalue weighted by molar-refractivity contribution is 0.0595. The molecule has 1 aromatic rings. The van der Waals surface area contributed by atoms with Crippen molar-refractivity contribution >= 4 is 12.4 Å². The number of likely N-dealkylation sites (N-methyl/N-ethyl adjacent to an activating group) is 1. The molecule has 0 radical (unpaired) electrons. The van der Waals surface area contributed by atoms with Crippen LogP contribution in [0.25, 0.3) is 0 Å². The molecule has 1 aliphatic heterocycles. The fourth-order valence-electron chi connectivity index (χ4n) is 2.13. The minimum Gasteiger partial charge on any atom is -0.508 e. The average molecular weight is 246 g/mol. The molecule has 0 fully saturated rings. The lowest BCUT2D eigenvalue weighted by Crippen LogP contribution is -2.36. The molecular formula is C11H16ClNO3. The van der Waals surface area contributed by atoms with Gasteiger partial charge in [0.15, 0.2) is 0 Å². The van der Waals surface area contributed by atoms with Crippen LogP contribution in [-0.4, -0.2) is 40.4 Å². The van der Waals surface area contributed by atoms with Gasteiger partial charge in [-0.15, -0.1) is 12.4 Å². The first kappa shape index (κ1) is 13.3. The second-order valence-corrected chi connectivity index (χ2v) is 3.97. The van der Waals surface area contributed by atoms with Crippen molar-refractivity contribution in [3.05, 3.63) is 29.3 Å². The number of rotatable bonds is 1. The molecule has 0 amide bonds. The number of nitrogens with zero attached hydrogens (tertiary/aromatic N) is 1. The molecule has 16 heavy (non-hydrogen) atoms. The van der Waals surface area contributed by atoms with E-state index in [1.165, 1.54) is 0 Å². The summed E-state index contributed by atoms with van der Waals surface area (Å²) in [5.41, 5.74) is 1.60. The van der Waals surface area contributed by atoms with E-state index in [9.17, 15) is 15.3 Å². The molecule has 0 spiro atoms. The highest BCUT2D eigenvalue weighted by atomic mass is 35.5. The van der Waals surface area contributed by atoms with Crippen LogP contribution in [0.4, 0.5) is 0 Å². The summed E-state index contributed by atoms with van der Waals surface area (Å²) in [7, 11) is 1.86. The second-order valence-electron chi connectivity index (χ2n) is 3.97. The lowest BCUT2D eigenvalue weighted by atomic mass is 9.91. The highest BCUT2D eigenvalue weighted by Gasteiger charge is 2.29. The van der Waals surface area contributed by atoms with Crippen molar-refractivity contribution in [2.45, 2.75) is 12.1 Å². The number of β-amino-alcohol motifs (C(OH)–C–C–N with tert-alkyl or cyclic N) is 1. The van der Waals surface area contributed by atoms with Crippen LogP contribution in [0.2, 0.25) is 0 Å². The highest BCUT2D eigenvalue weighted by molar-refractivity contribution is 5.85. The van der Waals surface area contributed by atoms with Crippen molar-refractivity contribution < 1.29 is 15.3 Å². The van der Waals surface area contributed by atoms with Crippen LogP contribution in [-0.2, 0) is 0 Å². The Bertz CT molecular complexity index is 372. The van der Waals surface area contributed by atoms with Crippen LogP contribution in [0.1, 0.15) is 23.3 Å². The van der Waals surface area contributed by atoms with E-state index in [2.05, 4.69) is 0 Å². The minimum atomic E-state index is -0.597. The molecule has 1 aliphatic rings. The van der Waals surface area contributed by atoms with Gasteiger partial charge in [0, 0.05) is 6.54 Å². The van der Waals surface area contributed by atoms with E-state index < -0.39 is 6.10 Å². The van der Waals surface area contributed by atoms with Crippen LogP contribution in [0.5, 0.6) is 5.75 Å². The van der Waals surface area contributed by atoms with E-state index in [0.717, 1.165) is 5.56 Å². The second kappa shape index (κ2) is 5.01. The van der Waals surface area contributed by atoms with Crippen molar-refractivity contribution in [2.75, 3.05) is 20.2 Å². The summed E-state index contributed by atoms with van der Waals surface area (Å²) in [6.45, 7) is 0.489. The quantitative estimate of drug-likeness (QED) is 0.686. The summed E-state index contributed by atoms with van der Waals surface area (Å²) in [6, 6.07) is 4.80. The zero-order valence-corrected chi connectivity index (χ0v) is 9.81. The molecule has 0 aromatic heterocycles. The van der Waals surface area contributed by atoms with Gasteiger partial charge >= 0.3 is 0 Å². The van der Waals surface area contributed by atoms with Gasteiger partial charge in [0.2, 0.25) is 0 Å². The lowest BCUT2D eigenvalue weighted by Gasteiger charge is -2.36. The largest absolute Gasteiger partial charge is 0.508 e. The smallest absolute Gasteiger partial charge is 0.115 e. The first-order valence-electron chi connectivity index (χ1n) is 4.95. The van der Waals surface area contributed by atoms with E-state index in [1.807, 2.05) is 11.9 Å². The molecule has 0 saturated heterocycles. The van der Waals surface area contributed by atoms with Crippen LogP contribution < -0.4 is 0 Å². The number of fused-ring (bicyclic) bond motifs is 1. The predicted molar refractivity (Wildman–Crippen MR) is 62.8 cm³/mol. The van der Waals surface area contributed by atoms with Crippen LogP contribution >= 0.6 is 12.4 Å². The maximum absolute atomic E-state index is 9.84. The fraction of sp³-hybridized carbons (Fsp3) is 0.455. The Kier molecular flexibility index (Phi) is 4.15. The summed E-state index contributed by atoms with van der Waals surface area (Å²) in [5.74, 6) is 0.147. The van der Waals surface area contributed by atoms with Crippen molar-refractivity contribution in [1.29, 1.82) is 0 Å². The zero-order valence-electron chi connectivity index (χ0n) is 9.00. The molecule has 1 aromatic carbocycles. The molecule has 0 unspecified atom stereocenters. The van der Waals surface area contributed by atoms with E-state index in [4.69, 9.17) is 0 Å². The Labute approximate surface area is 101 Å². The SMILES string of the molecule is CN1C[C@H](O)c2cc(O)ccc2[C@@H]1CO.Cl. The number of hydrogen-bond donors (Lipinski definition) is 3. The van der Waals surface area contributed by atoms with Gasteiger partial charge < -0.3 is 15.3 Å². The molecule has 0 saturated carbocycles. The van der Waals surface area contributed by atoms with Crippen molar-refractivity contribution in [3.63, 3.8) is 0 Å². The Hall–Kier alpha value is -0.810. The Balaban J connectivity index is 0.00000128. The molecule has 2 atom stereocenters. The van der Waals surface area contributed by atoms with Crippen LogP contribution in [0.3, 0.4) is 0 Å². The number of halogens is 1. The summed E-state index contributed by atoms with van der Waals surface area (Å²) < 4.78 is 0. The Morgan fingerprint density at radius 3 is 2.69 bits per heavy atom. The van der Waals surface area contributed by atoms with E-state index in [0.29, 0.717) is 12.1 Å². The fourth-order valence-corrected chi connectivity index (χ4v) is 2.13. The molecule has 4 nitrogen and oxygen atoms in total. The number of hydrogen-bond acceptors (Lipinski definition) is 4. The number of phenols is 1. The van der Waals surface area contributed by atoms with Gasteiger partial charge in [0.25, 0.3) is 0 Å².